The number of rotatable bonds is 14. The van der Waals surface area contributed by atoms with Crippen molar-refractivity contribution in [2.45, 2.75) is 109 Å². The highest BCUT2D eigenvalue weighted by Crippen LogP contribution is 2.45. The Morgan fingerprint density at radius 3 is 2.49 bits per heavy atom. The molecule has 17 heteroatoms. The molecule has 0 radical (unpaired) electrons. The van der Waals surface area contributed by atoms with Gasteiger partial charge in [-0.15, -0.1) is 17.9 Å². The van der Waals surface area contributed by atoms with Crippen LogP contribution in [0.2, 0.25) is 0 Å². The van der Waals surface area contributed by atoms with E-state index in [2.05, 4.69) is 43.4 Å². The number of carboxylic acid groups (broad SMARTS) is 1. The van der Waals surface area contributed by atoms with Crippen molar-refractivity contribution >= 4 is 73.1 Å². The van der Waals surface area contributed by atoms with Crippen molar-refractivity contribution in [3.63, 3.8) is 0 Å². The fourth-order valence-electron chi connectivity index (χ4n) is 7.45. The topological polar surface area (TPSA) is 198 Å². The van der Waals surface area contributed by atoms with Gasteiger partial charge in [0.05, 0.1) is 29.3 Å². The van der Waals surface area contributed by atoms with E-state index in [9.17, 15) is 29.1 Å². The first kappa shape index (κ1) is 41.9. The smallest absolute Gasteiger partial charge is 0.408 e. The van der Waals surface area contributed by atoms with E-state index in [-0.39, 0.29) is 31.4 Å². The second kappa shape index (κ2) is 17.0. The first-order valence-corrected chi connectivity index (χ1v) is 20.8. The van der Waals surface area contributed by atoms with Crippen LogP contribution < -0.4 is 25.4 Å². The molecule has 1 aliphatic heterocycles. The standard InChI is InChI=1S/C40H49BrN6O9S/c1-7-11-30(48)44-37-43-26(20-57-37)25-17-29(24-14-15-28(54-6)31(41)32(24)42-25)55-23-16-27(34(49)46-40(36(51)52)18-21(40)8-2)47(19-23)35(50)33(39(3,4)5)45-38(53)56-22-12-9-10-13-22/h8,14-15,17,20-23,27,33H,2,7,9-13,16,18-19H2,1,3-6H3,(H,45,53)(H,46,49)(H,51,52)(H,43,44,48)/t21?,23-,27+,33-,40-/m1/s1. The number of carbonyl (C=O) groups excluding carboxylic acids is 4. The van der Waals surface area contributed by atoms with Gasteiger partial charge in [0.25, 0.3) is 0 Å². The minimum absolute atomic E-state index is 0.0101. The summed E-state index contributed by atoms with van der Waals surface area (Å²) in [5.74, 6) is -2.11. The number of nitrogens with one attached hydrogen (secondary N) is 3. The number of thiazole rings is 1. The predicted octanol–water partition coefficient (Wildman–Crippen LogP) is 6.45. The van der Waals surface area contributed by atoms with Crippen LogP contribution in [0.4, 0.5) is 9.93 Å². The van der Waals surface area contributed by atoms with Gasteiger partial charge in [-0.25, -0.2) is 19.6 Å². The van der Waals surface area contributed by atoms with Gasteiger partial charge in [0, 0.05) is 35.6 Å². The number of aromatic nitrogens is 2. The number of amides is 4. The lowest BCUT2D eigenvalue weighted by Crippen LogP contribution is -2.59. The van der Waals surface area contributed by atoms with Gasteiger partial charge in [0.1, 0.15) is 47.0 Å². The first-order chi connectivity index (χ1) is 27.1. The summed E-state index contributed by atoms with van der Waals surface area (Å²) in [5.41, 5.74) is -0.926. The lowest BCUT2D eigenvalue weighted by Gasteiger charge is -2.35. The summed E-state index contributed by atoms with van der Waals surface area (Å²) in [6.45, 7) is 11.0. The molecule has 1 saturated heterocycles. The maximum atomic E-state index is 14.6. The molecular weight excluding hydrogens is 820 g/mol. The van der Waals surface area contributed by atoms with E-state index in [0.29, 0.717) is 56.2 Å². The van der Waals surface area contributed by atoms with Crippen LogP contribution in [-0.2, 0) is 23.9 Å². The Labute approximate surface area is 343 Å². The number of hydrogen-bond acceptors (Lipinski definition) is 11. The van der Waals surface area contributed by atoms with Gasteiger partial charge in [-0.1, -0.05) is 33.8 Å². The number of halogens is 1. The summed E-state index contributed by atoms with van der Waals surface area (Å²) < 4.78 is 18.5. The van der Waals surface area contributed by atoms with Crippen molar-refractivity contribution < 1.29 is 43.3 Å². The zero-order valence-electron chi connectivity index (χ0n) is 32.7. The van der Waals surface area contributed by atoms with Gasteiger partial charge in [-0.3, -0.25) is 14.4 Å². The number of alkyl carbamates (subject to hydrolysis) is 1. The van der Waals surface area contributed by atoms with Crippen LogP contribution in [0.25, 0.3) is 22.3 Å². The third-order valence-electron chi connectivity index (χ3n) is 10.7. The highest BCUT2D eigenvalue weighted by atomic mass is 79.9. The number of fused-ring (bicyclic) bond motifs is 1. The van der Waals surface area contributed by atoms with Crippen molar-refractivity contribution in [3.8, 4) is 22.9 Å². The summed E-state index contributed by atoms with van der Waals surface area (Å²) in [6.07, 6.45) is 4.43. The van der Waals surface area contributed by atoms with Gasteiger partial charge in [0.2, 0.25) is 17.7 Å². The molecule has 4 N–H and O–H groups in total. The molecule has 306 valence electrons. The number of hydrogen-bond donors (Lipinski definition) is 4. The van der Waals surface area contributed by atoms with E-state index in [0.717, 1.165) is 25.7 Å². The Morgan fingerprint density at radius 1 is 1.12 bits per heavy atom. The Morgan fingerprint density at radius 2 is 1.86 bits per heavy atom. The summed E-state index contributed by atoms with van der Waals surface area (Å²) >= 11 is 4.88. The summed E-state index contributed by atoms with van der Waals surface area (Å²) in [7, 11) is 1.54. The SMILES string of the molecule is C=CC1C[C@]1(NC(=O)[C@@H]1C[C@@H](Oc2cc(-c3csc(NC(=O)CCC)n3)nc3c(Br)c(OC)ccc23)CN1C(=O)[C@@H](NC(=O)OC1CCCC1)C(C)(C)C)C(=O)O. The summed E-state index contributed by atoms with van der Waals surface area (Å²) in [4.78, 5) is 77.4. The van der Waals surface area contributed by atoms with Crippen LogP contribution in [-0.4, -0.2) is 93.2 Å². The molecule has 3 heterocycles. The van der Waals surface area contributed by atoms with E-state index in [4.69, 9.17) is 19.2 Å². The fourth-order valence-corrected chi connectivity index (χ4v) is 8.77. The largest absolute Gasteiger partial charge is 0.495 e. The number of likely N-dealkylation sites (tertiary alicyclic amines) is 1. The van der Waals surface area contributed by atoms with E-state index in [1.54, 1.807) is 44.4 Å². The minimum Gasteiger partial charge on any atom is -0.495 e. The van der Waals surface area contributed by atoms with Crippen LogP contribution in [0.5, 0.6) is 11.5 Å². The van der Waals surface area contributed by atoms with Crippen molar-refractivity contribution in [2.75, 3.05) is 19.0 Å². The minimum atomic E-state index is -1.54. The van der Waals surface area contributed by atoms with Crippen molar-refractivity contribution in [2.24, 2.45) is 11.3 Å². The monoisotopic (exact) mass is 868 g/mol. The number of benzene rings is 1. The molecule has 2 aliphatic carbocycles. The Bertz CT molecular complexity index is 2060. The molecule has 5 atom stereocenters. The Hall–Kier alpha value is -4.77. The van der Waals surface area contributed by atoms with Gasteiger partial charge in [-0.05, 0) is 72.0 Å². The lowest BCUT2D eigenvalue weighted by atomic mass is 9.85. The Balaban J connectivity index is 1.34. The molecule has 1 aromatic carbocycles. The molecule has 0 bridgehead atoms. The maximum Gasteiger partial charge on any atom is 0.408 e. The number of carbonyl (C=O) groups is 5. The van der Waals surface area contributed by atoms with Gasteiger partial charge in [0.15, 0.2) is 5.13 Å². The molecule has 2 saturated carbocycles. The normalized spacial score (nSPS) is 22.4. The molecular formula is C40H49BrN6O9S. The average molecular weight is 870 g/mol. The van der Waals surface area contributed by atoms with E-state index in [1.807, 2.05) is 6.92 Å². The first-order valence-electron chi connectivity index (χ1n) is 19.1. The second-order valence-electron chi connectivity index (χ2n) is 15.9. The van der Waals surface area contributed by atoms with Crippen molar-refractivity contribution in [1.29, 1.82) is 0 Å². The number of methoxy groups -OCH3 is 1. The average Bonchev–Trinajstić information content (AvgIpc) is 3.57. The third kappa shape index (κ3) is 9.03. The predicted molar refractivity (Wildman–Crippen MR) is 217 cm³/mol. The number of carboxylic acids is 1. The molecule has 1 unspecified atom stereocenters. The molecule has 6 rings (SSSR count). The van der Waals surface area contributed by atoms with Gasteiger partial charge < -0.3 is 40.2 Å². The van der Waals surface area contributed by atoms with Crippen LogP contribution in [0, 0.1) is 11.3 Å². The van der Waals surface area contributed by atoms with Gasteiger partial charge in [-0.2, -0.15) is 0 Å². The molecule has 57 heavy (non-hydrogen) atoms. The van der Waals surface area contributed by atoms with Gasteiger partial charge >= 0.3 is 12.1 Å². The van der Waals surface area contributed by atoms with Crippen molar-refractivity contribution in [1.82, 2.24) is 25.5 Å². The number of nitrogens with zero attached hydrogens (tertiary/aromatic N) is 3. The number of ether oxygens (including phenoxy) is 3. The van der Waals surface area contributed by atoms with E-state index < -0.39 is 58.9 Å². The number of anilines is 1. The lowest BCUT2D eigenvalue weighted by molar-refractivity contribution is -0.146. The number of aliphatic carboxylic acids is 1. The summed E-state index contributed by atoms with van der Waals surface area (Å²) in [5, 5.41) is 21.2. The third-order valence-corrected chi connectivity index (χ3v) is 12.2. The molecule has 2 aromatic heterocycles. The highest BCUT2D eigenvalue weighted by molar-refractivity contribution is 9.10. The quantitative estimate of drug-likeness (QED) is 0.130. The molecule has 15 nitrogen and oxygen atoms in total. The summed E-state index contributed by atoms with van der Waals surface area (Å²) in [6, 6.07) is 3.02. The number of pyridine rings is 1. The van der Waals surface area contributed by atoms with Crippen LogP contribution >= 0.6 is 27.3 Å². The fraction of sp³-hybridized carbons (Fsp3) is 0.525. The Kier molecular flexibility index (Phi) is 12.5. The molecule has 3 aromatic rings. The van der Waals surface area contributed by atoms with E-state index >= 15 is 0 Å². The van der Waals surface area contributed by atoms with Crippen LogP contribution in [0.15, 0.2) is 40.7 Å². The van der Waals surface area contributed by atoms with Crippen LogP contribution in [0.3, 0.4) is 0 Å². The molecule has 0 spiro atoms. The zero-order valence-corrected chi connectivity index (χ0v) is 35.1. The highest BCUT2D eigenvalue weighted by Gasteiger charge is 2.61. The van der Waals surface area contributed by atoms with Crippen LogP contribution in [0.1, 0.15) is 79.1 Å². The maximum absolute atomic E-state index is 14.6. The molecule has 4 amide bonds. The van der Waals surface area contributed by atoms with Crippen molar-refractivity contribution in [3.05, 3.63) is 40.7 Å². The van der Waals surface area contributed by atoms with E-state index in [1.165, 1.54) is 29.4 Å². The zero-order chi connectivity index (χ0) is 41.2. The second-order valence-corrected chi connectivity index (χ2v) is 17.5. The molecule has 3 fully saturated rings. The molecule has 3 aliphatic rings.